The Labute approximate surface area is 108 Å². The molecule has 0 aromatic heterocycles. The maximum atomic E-state index is 12.1. The summed E-state index contributed by atoms with van der Waals surface area (Å²) >= 11 is 1.94. The number of carbonyl (C=O) groups is 1. The monoisotopic (exact) mass is 256 g/mol. The fraction of sp³-hybridized carbons (Fsp3) is 0.923. The Morgan fingerprint density at radius 2 is 2.35 bits per heavy atom. The fourth-order valence-electron chi connectivity index (χ4n) is 2.94. The van der Waals surface area contributed by atoms with E-state index in [4.69, 9.17) is 0 Å². The first-order chi connectivity index (χ1) is 8.20. The average molecular weight is 256 g/mol. The molecule has 1 amide bonds. The number of amides is 1. The van der Waals surface area contributed by atoms with Crippen LogP contribution in [-0.2, 0) is 4.79 Å². The highest BCUT2D eigenvalue weighted by Crippen LogP contribution is 2.33. The number of nitrogens with one attached hydrogen (secondary N) is 2. The molecule has 0 radical (unpaired) electrons. The Hall–Kier alpha value is -0.220. The van der Waals surface area contributed by atoms with Crippen molar-refractivity contribution in [3.63, 3.8) is 0 Å². The average Bonchev–Trinajstić information content (AvgIpc) is 2.91. The predicted molar refractivity (Wildman–Crippen MR) is 73.3 cm³/mol. The van der Waals surface area contributed by atoms with Crippen LogP contribution in [0.2, 0.25) is 0 Å². The lowest BCUT2D eigenvalue weighted by atomic mass is 9.88. The van der Waals surface area contributed by atoms with E-state index in [0.29, 0.717) is 18.1 Å². The number of carbonyl (C=O) groups excluding carboxylic acids is 1. The first-order valence-electron chi connectivity index (χ1n) is 6.85. The van der Waals surface area contributed by atoms with Crippen molar-refractivity contribution in [2.24, 2.45) is 5.92 Å². The van der Waals surface area contributed by atoms with E-state index in [9.17, 15) is 4.79 Å². The third kappa shape index (κ3) is 3.38. The molecule has 4 unspecified atom stereocenters. The van der Waals surface area contributed by atoms with E-state index in [2.05, 4.69) is 24.5 Å². The van der Waals surface area contributed by atoms with Crippen molar-refractivity contribution in [3.05, 3.63) is 0 Å². The Morgan fingerprint density at radius 1 is 1.53 bits per heavy atom. The quantitative estimate of drug-likeness (QED) is 0.712. The highest BCUT2D eigenvalue weighted by molar-refractivity contribution is 7.99. The molecular weight excluding hydrogens is 232 g/mol. The molecule has 0 saturated carbocycles. The van der Waals surface area contributed by atoms with Gasteiger partial charge in [-0.15, -0.1) is 0 Å². The van der Waals surface area contributed by atoms with Crippen molar-refractivity contribution in [2.45, 2.75) is 57.7 Å². The van der Waals surface area contributed by atoms with E-state index in [-0.39, 0.29) is 11.8 Å². The van der Waals surface area contributed by atoms with Gasteiger partial charge in [-0.05, 0) is 44.1 Å². The summed E-state index contributed by atoms with van der Waals surface area (Å²) in [5, 5.41) is 6.69. The molecule has 0 spiro atoms. The van der Waals surface area contributed by atoms with E-state index >= 15 is 0 Å². The maximum Gasteiger partial charge on any atom is 0.224 e. The number of hydrogen-bond acceptors (Lipinski definition) is 3. The Bertz CT molecular complexity index is 272. The molecule has 98 valence electrons. The van der Waals surface area contributed by atoms with E-state index in [1.807, 2.05) is 11.8 Å². The molecule has 2 N–H and O–H groups in total. The molecule has 2 aliphatic heterocycles. The summed E-state index contributed by atoms with van der Waals surface area (Å²) in [6, 6.07) is 1.39. The molecule has 2 saturated heterocycles. The largest absolute Gasteiger partial charge is 0.353 e. The molecule has 3 nitrogen and oxygen atoms in total. The summed E-state index contributed by atoms with van der Waals surface area (Å²) in [4.78, 5) is 12.1. The van der Waals surface area contributed by atoms with Gasteiger partial charge >= 0.3 is 0 Å². The zero-order valence-electron chi connectivity index (χ0n) is 10.9. The SMILES string of the molecule is CCSCCC(C)NC(=O)C1CC2CCC1N2. The molecule has 2 fully saturated rings. The minimum absolute atomic E-state index is 0.232. The van der Waals surface area contributed by atoms with Gasteiger partial charge in [-0.25, -0.2) is 0 Å². The van der Waals surface area contributed by atoms with Crippen LogP contribution < -0.4 is 10.6 Å². The topological polar surface area (TPSA) is 41.1 Å². The maximum absolute atomic E-state index is 12.1. The molecule has 4 atom stereocenters. The van der Waals surface area contributed by atoms with Crippen molar-refractivity contribution in [2.75, 3.05) is 11.5 Å². The molecule has 2 heterocycles. The molecule has 2 aliphatic rings. The normalized spacial score (nSPS) is 32.7. The fourth-order valence-corrected chi connectivity index (χ4v) is 3.75. The summed E-state index contributed by atoms with van der Waals surface area (Å²) in [7, 11) is 0. The predicted octanol–water partition coefficient (Wildman–Crippen LogP) is 1.77. The molecular formula is C13H24N2OS. The molecule has 2 bridgehead atoms. The number of hydrogen-bond donors (Lipinski definition) is 2. The van der Waals surface area contributed by atoms with Crippen LogP contribution >= 0.6 is 11.8 Å². The lowest BCUT2D eigenvalue weighted by Gasteiger charge is -2.22. The van der Waals surface area contributed by atoms with Crippen LogP contribution in [0, 0.1) is 5.92 Å². The van der Waals surface area contributed by atoms with Crippen molar-refractivity contribution >= 4 is 17.7 Å². The second-order valence-electron chi connectivity index (χ2n) is 5.28. The van der Waals surface area contributed by atoms with Crippen molar-refractivity contribution < 1.29 is 4.79 Å². The molecule has 17 heavy (non-hydrogen) atoms. The first-order valence-corrected chi connectivity index (χ1v) is 8.00. The van der Waals surface area contributed by atoms with Crippen molar-refractivity contribution in [1.82, 2.24) is 10.6 Å². The summed E-state index contributed by atoms with van der Waals surface area (Å²) in [6.45, 7) is 4.30. The van der Waals surface area contributed by atoms with E-state index in [1.54, 1.807) is 0 Å². The lowest BCUT2D eigenvalue weighted by molar-refractivity contribution is -0.126. The Morgan fingerprint density at radius 3 is 2.94 bits per heavy atom. The third-order valence-electron chi connectivity index (χ3n) is 3.92. The van der Waals surface area contributed by atoms with Crippen LogP contribution in [0.25, 0.3) is 0 Å². The van der Waals surface area contributed by atoms with Gasteiger partial charge in [0.2, 0.25) is 5.91 Å². The van der Waals surface area contributed by atoms with Crippen LogP contribution in [0.1, 0.15) is 39.5 Å². The van der Waals surface area contributed by atoms with Crippen molar-refractivity contribution in [1.29, 1.82) is 0 Å². The van der Waals surface area contributed by atoms with Crippen LogP contribution in [0.4, 0.5) is 0 Å². The highest BCUT2D eigenvalue weighted by atomic mass is 32.2. The number of fused-ring (bicyclic) bond motifs is 2. The van der Waals surface area contributed by atoms with Gasteiger partial charge in [0.05, 0.1) is 5.92 Å². The highest BCUT2D eigenvalue weighted by Gasteiger charge is 2.42. The van der Waals surface area contributed by atoms with E-state index < -0.39 is 0 Å². The van der Waals surface area contributed by atoms with Crippen LogP contribution in [0.15, 0.2) is 0 Å². The van der Waals surface area contributed by atoms with Crippen LogP contribution in [0.3, 0.4) is 0 Å². The first kappa shape index (κ1) is 13.2. The molecule has 0 aliphatic carbocycles. The molecule has 2 rings (SSSR count). The standard InChI is InChI=1S/C13H24N2OS/c1-3-17-7-6-9(2)14-13(16)11-8-10-4-5-12(11)15-10/h9-12,15H,3-8H2,1-2H3,(H,14,16). The van der Waals surface area contributed by atoms with Gasteiger partial charge in [-0.2, -0.15) is 11.8 Å². The van der Waals surface area contributed by atoms with Crippen LogP contribution in [-0.4, -0.2) is 35.5 Å². The third-order valence-corrected chi connectivity index (χ3v) is 4.86. The molecule has 0 aromatic rings. The van der Waals surface area contributed by atoms with Gasteiger partial charge in [-0.1, -0.05) is 6.92 Å². The number of thioether (sulfide) groups is 1. The summed E-state index contributed by atoms with van der Waals surface area (Å²) in [6.07, 6.45) is 4.57. The Kier molecular flexibility index (Phi) is 4.74. The summed E-state index contributed by atoms with van der Waals surface area (Å²) < 4.78 is 0. The molecule has 4 heteroatoms. The van der Waals surface area contributed by atoms with E-state index in [1.165, 1.54) is 12.8 Å². The van der Waals surface area contributed by atoms with Gasteiger partial charge in [0, 0.05) is 18.1 Å². The summed E-state index contributed by atoms with van der Waals surface area (Å²) in [5.74, 6) is 2.82. The van der Waals surface area contributed by atoms with Gasteiger partial charge in [0.1, 0.15) is 0 Å². The smallest absolute Gasteiger partial charge is 0.224 e. The van der Waals surface area contributed by atoms with Gasteiger partial charge < -0.3 is 10.6 Å². The minimum atomic E-state index is 0.232. The van der Waals surface area contributed by atoms with Gasteiger partial charge in [0.25, 0.3) is 0 Å². The second-order valence-corrected chi connectivity index (χ2v) is 6.68. The zero-order chi connectivity index (χ0) is 12.3. The molecule has 0 aromatic carbocycles. The van der Waals surface area contributed by atoms with Crippen molar-refractivity contribution in [3.8, 4) is 0 Å². The second kappa shape index (κ2) is 6.10. The Balaban J connectivity index is 1.70. The lowest BCUT2D eigenvalue weighted by Crippen LogP contribution is -2.41. The van der Waals surface area contributed by atoms with Gasteiger partial charge in [-0.3, -0.25) is 4.79 Å². The van der Waals surface area contributed by atoms with Gasteiger partial charge in [0.15, 0.2) is 0 Å². The summed E-state index contributed by atoms with van der Waals surface area (Å²) in [5.41, 5.74) is 0. The van der Waals surface area contributed by atoms with Crippen LogP contribution in [0.5, 0.6) is 0 Å². The minimum Gasteiger partial charge on any atom is -0.353 e. The number of rotatable bonds is 6. The van der Waals surface area contributed by atoms with E-state index in [0.717, 1.165) is 24.3 Å². The zero-order valence-corrected chi connectivity index (χ0v) is 11.7.